The standard InChI is InChI=1S/C10H20N2O/c1-2-12-6-5-8-3-4-9(7-11)13-10(8)12/h8-10H,2-7,11H2,1H3. The van der Waals surface area contributed by atoms with Gasteiger partial charge in [-0.1, -0.05) is 6.92 Å². The molecule has 3 nitrogen and oxygen atoms in total. The molecule has 3 unspecified atom stereocenters. The van der Waals surface area contributed by atoms with Gasteiger partial charge in [0.1, 0.15) is 6.23 Å². The van der Waals surface area contributed by atoms with Crippen LogP contribution in [0.25, 0.3) is 0 Å². The van der Waals surface area contributed by atoms with Crippen LogP contribution in [0.2, 0.25) is 0 Å². The van der Waals surface area contributed by atoms with E-state index in [9.17, 15) is 0 Å². The van der Waals surface area contributed by atoms with Gasteiger partial charge in [0, 0.05) is 19.0 Å². The minimum Gasteiger partial charge on any atom is -0.358 e. The molecule has 0 amide bonds. The molecule has 2 aliphatic heterocycles. The predicted molar refractivity (Wildman–Crippen MR) is 52.3 cm³/mol. The fraction of sp³-hybridized carbons (Fsp3) is 1.00. The van der Waals surface area contributed by atoms with E-state index < -0.39 is 0 Å². The van der Waals surface area contributed by atoms with Crippen LogP contribution in [0, 0.1) is 5.92 Å². The molecular formula is C10H20N2O. The van der Waals surface area contributed by atoms with E-state index in [0.717, 1.165) is 18.9 Å². The lowest BCUT2D eigenvalue weighted by molar-refractivity contribution is -0.125. The fourth-order valence-electron chi connectivity index (χ4n) is 2.56. The molecule has 2 aliphatic rings. The van der Waals surface area contributed by atoms with Crippen molar-refractivity contribution < 1.29 is 4.74 Å². The van der Waals surface area contributed by atoms with E-state index in [-0.39, 0.29) is 0 Å². The topological polar surface area (TPSA) is 38.5 Å². The van der Waals surface area contributed by atoms with Gasteiger partial charge in [0.25, 0.3) is 0 Å². The van der Waals surface area contributed by atoms with Crippen molar-refractivity contribution in [2.75, 3.05) is 19.6 Å². The van der Waals surface area contributed by atoms with Crippen LogP contribution in [0.1, 0.15) is 26.2 Å². The summed E-state index contributed by atoms with van der Waals surface area (Å²) in [5.41, 5.74) is 5.63. The molecule has 0 bridgehead atoms. The number of hydrogen-bond donors (Lipinski definition) is 1. The Morgan fingerprint density at radius 1 is 1.38 bits per heavy atom. The summed E-state index contributed by atoms with van der Waals surface area (Å²) in [5.74, 6) is 0.780. The molecule has 0 radical (unpaired) electrons. The summed E-state index contributed by atoms with van der Waals surface area (Å²) < 4.78 is 5.96. The first-order valence-electron chi connectivity index (χ1n) is 5.44. The van der Waals surface area contributed by atoms with E-state index in [1.54, 1.807) is 0 Å². The van der Waals surface area contributed by atoms with Crippen LogP contribution in [-0.2, 0) is 4.74 Å². The predicted octanol–water partition coefficient (Wildman–Crippen LogP) is 0.792. The van der Waals surface area contributed by atoms with Gasteiger partial charge in [0.15, 0.2) is 0 Å². The highest BCUT2D eigenvalue weighted by atomic mass is 16.5. The van der Waals surface area contributed by atoms with Crippen LogP contribution in [-0.4, -0.2) is 36.9 Å². The molecule has 2 saturated heterocycles. The third-order valence-electron chi connectivity index (χ3n) is 3.41. The maximum Gasteiger partial charge on any atom is 0.113 e. The van der Waals surface area contributed by atoms with E-state index in [4.69, 9.17) is 10.5 Å². The maximum atomic E-state index is 5.96. The zero-order valence-corrected chi connectivity index (χ0v) is 8.41. The summed E-state index contributed by atoms with van der Waals surface area (Å²) in [6.45, 7) is 5.21. The second-order valence-corrected chi connectivity index (χ2v) is 4.14. The van der Waals surface area contributed by atoms with E-state index in [1.807, 2.05) is 0 Å². The first-order valence-corrected chi connectivity index (χ1v) is 5.44. The molecule has 76 valence electrons. The monoisotopic (exact) mass is 184 g/mol. The minimum absolute atomic E-state index is 0.313. The van der Waals surface area contributed by atoms with E-state index in [2.05, 4.69) is 11.8 Å². The molecule has 13 heavy (non-hydrogen) atoms. The molecule has 2 heterocycles. The van der Waals surface area contributed by atoms with Crippen molar-refractivity contribution in [3.05, 3.63) is 0 Å². The Labute approximate surface area is 80.2 Å². The second kappa shape index (κ2) is 3.95. The van der Waals surface area contributed by atoms with Crippen molar-refractivity contribution in [2.45, 2.75) is 38.5 Å². The molecule has 0 aromatic heterocycles. The van der Waals surface area contributed by atoms with Gasteiger partial charge in [-0.25, -0.2) is 0 Å². The normalized spacial score (nSPS) is 40.6. The molecule has 2 fully saturated rings. The van der Waals surface area contributed by atoms with Gasteiger partial charge in [-0.15, -0.1) is 0 Å². The molecule has 0 aliphatic carbocycles. The van der Waals surface area contributed by atoms with Crippen LogP contribution < -0.4 is 5.73 Å². The summed E-state index contributed by atoms with van der Waals surface area (Å²) in [7, 11) is 0. The summed E-state index contributed by atoms with van der Waals surface area (Å²) >= 11 is 0. The van der Waals surface area contributed by atoms with Crippen LogP contribution in [0.5, 0.6) is 0 Å². The number of likely N-dealkylation sites (tertiary alicyclic amines) is 1. The number of rotatable bonds is 2. The summed E-state index contributed by atoms with van der Waals surface area (Å²) in [6, 6.07) is 0. The molecule has 2 rings (SSSR count). The summed E-state index contributed by atoms with van der Waals surface area (Å²) in [5, 5.41) is 0. The Kier molecular flexibility index (Phi) is 2.86. The Morgan fingerprint density at radius 2 is 2.23 bits per heavy atom. The Balaban J connectivity index is 1.96. The number of fused-ring (bicyclic) bond motifs is 1. The molecular weight excluding hydrogens is 164 g/mol. The van der Waals surface area contributed by atoms with Gasteiger partial charge < -0.3 is 10.5 Å². The van der Waals surface area contributed by atoms with Gasteiger partial charge >= 0.3 is 0 Å². The van der Waals surface area contributed by atoms with Crippen LogP contribution in [0.4, 0.5) is 0 Å². The van der Waals surface area contributed by atoms with Gasteiger partial charge in [-0.3, -0.25) is 4.90 Å². The highest BCUT2D eigenvalue weighted by Crippen LogP contribution is 2.34. The highest BCUT2D eigenvalue weighted by Gasteiger charge is 2.38. The van der Waals surface area contributed by atoms with E-state index in [1.165, 1.54) is 19.4 Å². The number of ether oxygens (including phenoxy) is 1. The third-order valence-corrected chi connectivity index (χ3v) is 3.41. The van der Waals surface area contributed by atoms with Crippen molar-refractivity contribution >= 4 is 0 Å². The molecule has 3 atom stereocenters. The Morgan fingerprint density at radius 3 is 2.92 bits per heavy atom. The number of hydrogen-bond acceptors (Lipinski definition) is 3. The first-order chi connectivity index (χ1) is 6.35. The van der Waals surface area contributed by atoms with Gasteiger partial charge in [0.2, 0.25) is 0 Å². The van der Waals surface area contributed by atoms with Crippen molar-refractivity contribution in [3.63, 3.8) is 0 Å². The van der Waals surface area contributed by atoms with Gasteiger partial charge in [0.05, 0.1) is 6.10 Å². The van der Waals surface area contributed by atoms with Crippen LogP contribution in [0.3, 0.4) is 0 Å². The highest BCUT2D eigenvalue weighted by molar-refractivity contribution is 4.85. The second-order valence-electron chi connectivity index (χ2n) is 4.14. The van der Waals surface area contributed by atoms with Crippen molar-refractivity contribution in [1.82, 2.24) is 4.90 Å². The van der Waals surface area contributed by atoms with Crippen LogP contribution >= 0.6 is 0 Å². The summed E-state index contributed by atoms with van der Waals surface area (Å²) in [6.07, 6.45) is 4.48. The van der Waals surface area contributed by atoms with E-state index in [0.29, 0.717) is 18.9 Å². The van der Waals surface area contributed by atoms with Crippen molar-refractivity contribution in [1.29, 1.82) is 0 Å². The van der Waals surface area contributed by atoms with Crippen molar-refractivity contribution in [2.24, 2.45) is 11.7 Å². The average molecular weight is 184 g/mol. The lowest BCUT2D eigenvalue weighted by Gasteiger charge is -2.35. The molecule has 2 N–H and O–H groups in total. The maximum absolute atomic E-state index is 5.96. The third kappa shape index (κ3) is 1.73. The molecule has 0 aromatic carbocycles. The zero-order valence-electron chi connectivity index (χ0n) is 8.41. The summed E-state index contributed by atoms with van der Waals surface area (Å²) in [4.78, 5) is 2.44. The SMILES string of the molecule is CCN1CCC2CCC(CN)OC21. The smallest absolute Gasteiger partial charge is 0.113 e. The Hall–Kier alpha value is -0.120. The lowest BCUT2D eigenvalue weighted by atomic mass is 9.95. The van der Waals surface area contributed by atoms with Crippen LogP contribution in [0.15, 0.2) is 0 Å². The largest absolute Gasteiger partial charge is 0.358 e. The minimum atomic E-state index is 0.313. The van der Waals surface area contributed by atoms with E-state index >= 15 is 0 Å². The fourth-order valence-corrected chi connectivity index (χ4v) is 2.56. The zero-order chi connectivity index (χ0) is 9.26. The molecule has 0 aromatic rings. The van der Waals surface area contributed by atoms with Crippen molar-refractivity contribution in [3.8, 4) is 0 Å². The average Bonchev–Trinajstić information content (AvgIpc) is 2.59. The lowest BCUT2D eigenvalue weighted by Crippen LogP contribution is -2.43. The number of nitrogens with zero attached hydrogens (tertiary/aromatic N) is 1. The first kappa shape index (κ1) is 9.44. The quantitative estimate of drug-likeness (QED) is 0.689. The molecule has 0 saturated carbocycles. The Bertz CT molecular complexity index is 168. The van der Waals surface area contributed by atoms with Gasteiger partial charge in [-0.2, -0.15) is 0 Å². The molecule has 3 heteroatoms. The van der Waals surface area contributed by atoms with Gasteiger partial charge in [-0.05, 0) is 25.8 Å². The molecule has 0 spiro atoms. The number of nitrogens with two attached hydrogens (primary N) is 1.